The van der Waals surface area contributed by atoms with E-state index >= 15 is 0 Å². The van der Waals surface area contributed by atoms with Gasteiger partial charge in [-0.1, -0.05) is 26.0 Å². The number of rotatable bonds is 5. The molecule has 2 aromatic carbocycles. The maximum Gasteiger partial charge on any atom is 0.348 e. The van der Waals surface area contributed by atoms with Crippen molar-refractivity contribution in [3.8, 4) is 28.6 Å². The lowest BCUT2D eigenvalue weighted by atomic mass is 9.98. The van der Waals surface area contributed by atoms with Gasteiger partial charge in [0.05, 0.1) is 11.3 Å². The molecular weight excluding hydrogens is 394 g/mol. The standard InChI is InChI=1S/C23H29N5O3/c1-14(2)18-10-19(21(30)11-20(18)29)22-25-26-23(31)28(22)17-6-4-16(5-7-17)13-27-9-8-24-12-15(27)3/h4-7,10-11,14-15,24,29-30H,8-9,12-13H2,1-3H3,(H,26,31)/t15-/m0/s1. The van der Waals surface area contributed by atoms with Crippen LogP contribution in [-0.2, 0) is 6.54 Å². The maximum absolute atomic E-state index is 12.6. The largest absolute Gasteiger partial charge is 0.508 e. The van der Waals surface area contributed by atoms with Gasteiger partial charge in [-0.3, -0.25) is 4.90 Å². The Morgan fingerprint density at radius 2 is 1.90 bits per heavy atom. The molecule has 31 heavy (non-hydrogen) atoms. The number of benzene rings is 2. The molecule has 0 bridgehead atoms. The Morgan fingerprint density at radius 3 is 2.58 bits per heavy atom. The second-order valence-electron chi connectivity index (χ2n) is 8.46. The summed E-state index contributed by atoms with van der Waals surface area (Å²) in [5.41, 5.74) is 2.50. The number of hydrogen-bond acceptors (Lipinski definition) is 6. The lowest BCUT2D eigenvalue weighted by Gasteiger charge is -2.33. The summed E-state index contributed by atoms with van der Waals surface area (Å²) in [5.74, 6) is 0.233. The van der Waals surface area contributed by atoms with Crippen LogP contribution in [0.15, 0.2) is 41.2 Å². The molecule has 0 radical (unpaired) electrons. The Balaban J connectivity index is 1.67. The van der Waals surface area contributed by atoms with Gasteiger partial charge in [0.2, 0.25) is 0 Å². The number of aromatic nitrogens is 3. The molecule has 1 aliphatic rings. The van der Waals surface area contributed by atoms with Crippen LogP contribution < -0.4 is 11.0 Å². The number of hydrogen-bond donors (Lipinski definition) is 4. The van der Waals surface area contributed by atoms with Crippen LogP contribution >= 0.6 is 0 Å². The molecule has 4 N–H and O–H groups in total. The topological polar surface area (TPSA) is 106 Å². The van der Waals surface area contributed by atoms with E-state index in [-0.39, 0.29) is 17.4 Å². The van der Waals surface area contributed by atoms with Gasteiger partial charge in [-0.15, -0.1) is 0 Å². The van der Waals surface area contributed by atoms with Crippen LogP contribution in [-0.4, -0.2) is 55.6 Å². The zero-order valence-corrected chi connectivity index (χ0v) is 18.1. The number of aromatic amines is 1. The molecule has 0 amide bonds. The lowest BCUT2D eigenvalue weighted by molar-refractivity contribution is 0.165. The number of aromatic hydroxyl groups is 2. The van der Waals surface area contributed by atoms with Crippen molar-refractivity contribution in [1.29, 1.82) is 0 Å². The quantitative estimate of drug-likeness (QED) is 0.503. The second-order valence-corrected chi connectivity index (χ2v) is 8.46. The van der Waals surface area contributed by atoms with Gasteiger partial charge < -0.3 is 15.5 Å². The van der Waals surface area contributed by atoms with Crippen molar-refractivity contribution in [2.24, 2.45) is 0 Å². The number of phenolic OH excluding ortho intramolecular Hbond substituents is 2. The first-order valence-corrected chi connectivity index (χ1v) is 10.6. The molecule has 2 heterocycles. The zero-order chi connectivity index (χ0) is 22.1. The normalized spacial score (nSPS) is 17.4. The van der Waals surface area contributed by atoms with Crippen LogP contribution in [0.4, 0.5) is 0 Å². The summed E-state index contributed by atoms with van der Waals surface area (Å²) in [6.07, 6.45) is 0. The second kappa shape index (κ2) is 8.56. The Kier molecular flexibility index (Phi) is 5.84. The number of phenols is 2. The molecule has 0 spiro atoms. The maximum atomic E-state index is 12.6. The summed E-state index contributed by atoms with van der Waals surface area (Å²) in [5, 5.41) is 30.6. The highest BCUT2D eigenvalue weighted by atomic mass is 16.3. The third kappa shape index (κ3) is 4.22. The minimum atomic E-state index is -0.392. The Bertz CT molecular complexity index is 1120. The minimum absolute atomic E-state index is 0.0205. The summed E-state index contributed by atoms with van der Waals surface area (Å²) in [6.45, 7) is 9.95. The fraction of sp³-hybridized carbons (Fsp3) is 0.391. The highest BCUT2D eigenvalue weighted by Gasteiger charge is 2.20. The van der Waals surface area contributed by atoms with Gasteiger partial charge in [0, 0.05) is 38.3 Å². The van der Waals surface area contributed by atoms with E-state index in [1.54, 1.807) is 6.07 Å². The van der Waals surface area contributed by atoms with E-state index in [0.29, 0.717) is 28.7 Å². The molecule has 0 unspecified atom stereocenters. The van der Waals surface area contributed by atoms with Gasteiger partial charge in [-0.2, -0.15) is 5.10 Å². The molecule has 8 nitrogen and oxygen atoms in total. The first kappa shape index (κ1) is 21.1. The van der Waals surface area contributed by atoms with Crippen molar-refractivity contribution in [3.05, 3.63) is 58.0 Å². The van der Waals surface area contributed by atoms with E-state index in [2.05, 4.69) is 27.3 Å². The molecule has 0 aliphatic carbocycles. The van der Waals surface area contributed by atoms with Crippen molar-refractivity contribution in [3.63, 3.8) is 0 Å². The van der Waals surface area contributed by atoms with Crippen molar-refractivity contribution in [2.45, 2.75) is 39.3 Å². The van der Waals surface area contributed by atoms with Crippen molar-refractivity contribution < 1.29 is 10.2 Å². The summed E-state index contributed by atoms with van der Waals surface area (Å²) in [7, 11) is 0. The third-order valence-corrected chi connectivity index (χ3v) is 5.90. The van der Waals surface area contributed by atoms with Crippen LogP contribution in [0.5, 0.6) is 11.5 Å². The van der Waals surface area contributed by atoms with E-state index in [1.165, 1.54) is 16.2 Å². The van der Waals surface area contributed by atoms with Crippen LogP contribution in [0, 0.1) is 0 Å². The number of piperazine rings is 1. The molecule has 0 saturated carbocycles. The highest BCUT2D eigenvalue weighted by molar-refractivity contribution is 5.69. The van der Waals surface area contributed by atoms with Crippen LogP contribution in [0.3, 0.4) is 0 Å². The zero-order valence-electron chi connectivity index (χ0n) is 18.1. The van der Waals surface area contributed by atoms with E-state index in [4.69, 9.17) is 0 Å². The predicted molar refractivity (Wildman–Crippen MR) is 120 cm³/mol. The lowest BCUT2D eigenvalue weighted by Crippen LogP contribution is -2.49. The van der Waals surface area contributed by atoms with E-state index in [0.717, 1.165) is 26.2 Å². The molecule has 1 aliphatic heterocycles. The molecule has 1 aromatic heterocycles. The Morgan fingerprint density at radius 1 is 1.16 bits per heavy atom. The fourth-order valence-corrected chi connectivity index (χ4v) is 4.06. The molecule has 1 saturated heterocycles. The summed E-state index contributed by atoms with van der Waals surface area (Å²) in [4.78, 5) is 15.0. The van der Waals surface area contributed by atoms with Crippen LogP contribution in [0.25, 0.3) is 17.1 Å². The van der Waals surface area contributed by atoms with E-state index in [9.17, 15) is 15.0 Å². The van der Waals surface area contributed by atoms with Crippen molar-refractivity contribution >= 4 is 0 Å². The highest BCUT2D eigenvalue weighted by Crippen LogP contribution is 2.37. The summed E-state index contributed by atoms with van der Waals surface area (Å²) >= 11 is 0. The molecule has 1 atom stereocenters. The third-order valence-electron chi connectivity index (χ3n) is 5.90. The van der Waals surface area contributed by atoms with Gasteiger partial charge >= 0.3 is 5.69 Å². The number of H-pyrrole nitrogens is 1. The summed E-state index contributed by atoms with van der Waals surface area (Å²) in [6, 6.07) is 11.3. The SMILES string of the molecule is CC(C)c1cc(-c2n[nH]c(=O)n2-c2ccc(CN3CCNC[C@@H]3C)cc2)c(O)cc1O. The predicted octanol–water partition coefficient (Wildman–Crippen LogP) is 2.56. The first-order valence-electron chi connectivity index (χ1n) is 10.6. The average Bonchev–Trinajstić information content (AvgIpc) is 3.11. The molecular formula is C23H29N5O3. The minimum Gasteiger partial charge on any atom is -0.508 e. The van der Waals surface area contributed by atoms with Gasteiger partial charge in [0.15, 0.2) is 5.82 Å². The van der Waals surface area contributed by atoms with Gasteiger partial charge in [-0.05, 0) is 42.2 Å². The Hall–Kier alpha value is -3.10. The van der Waals surface area contributed by atoms with E-state index in [1.807, 2.05) is 38.1 Å². The van der Waals surface area contributed by atoms with Crippen molar-refractivity contribution in [1.82, 2.24) is 25.0 Å². The van der Waals surface area contributed by atoms with Gasteiger partial charge in [0.1, 0.15) is 11.5 Å². The number of nitrogens with zero attached hydrogens (tertiary/aromatic N) is 3. The molecule has 3 aromatic rings. The molecule has 1 fully saturated rings. The van der Waals surface area contributed by atoms with Crippen LogP contribution in [0.2, 0.25) is 0 Å². The molecule has 8 heteroatoms. The first-order chi connectivity index (χ1) is 14.8. The van der Waals surface area contributed by atoms with Crippen LogP contribution in [0.1, 0.15) is 37.8 Å². The van der Waals surface area contributed by atoms with Gasteiger partial charge in [0.25, 0.3) is 0 Å². The fourth-order valence-electron chi connectivity index (χ4n) is 4.06. The molecule has 4 rings (SSSR count). The summed E-state index contributed by atoms with van der Waals surface area (Å²) < 4.78 is 1.44. The average molecular weight is 424 g/mol. The monoisotopic (exact) mass is 423 g/mol. The van der Waals surface area contributed by atoms with Crippen molar-refractivity contribution in [2.75, 3.05) is 19.6 Å². The Labute approximate surface area is 181 Å². The van der Waals surface area contributed by atoms with E-state index < -0.39 is 5.69 Å². The smallest absolute Gasteiger partial charge is 0.348 e. The number of nitrogens with one attached hydrogen (secondary N) is 2. The molecule has 164 valence electrons. The van der Waals surface area contributed by atoms with Gasteiger partial charge in [-0.25, -0.2) is 14.5 Å².